The molecule has 1 aliphatic carbocycles. The van der Waals surface area contributed by atoms with Crippen molar-refractivity contribution in [3.05, 3.63) is 0 Å². The van der Waals surface area contributed by atoms with Crippen molar-refractivity contribution in [3.63, 3.8) is 0 Å². The summed E-state index contributed by atoms with van der Waals surface area (Å²) >= 11 is -0.932. The van der Waals surface area contributed by atoms with Crippen LogP contribution < -0.4 is 4.72 Å². The van der Waals surface area contributed by atoms with Crippen molar-refractivity contribution in [1.82, 2.24) is 4.72 Å². The second-order valence-corrected chi connectivity index (χ2v) is 7.84. The predicted molar refractivity (Wildman–Crippen MR) is 67.0 cm³/mol. The van der Waals surface area contributed by atoms with Gasteiger partial charge in [0, 0.05) is 11.4 Å². The van der Waals surface area contributed by atoms with E-state index in [9.17, 15) is 4.55 Å². The summed E-state index contributed by atoms with van der Waals surface area (Å²) < 4.78 is 15.0. The second-order valence-electron chi connectivity index (χ2n) is 5.84. The van der Waals surface area contributed by atoms with Crippen molar-refractivity contribution in [3.8, 4) is 0 Å². The van der Waals surface area contributed by atoms with Crippen LogP contribution in [0.4, 0.5) is 0 Å². The molecule has 0 saturated heterocycles. The summed E-state index contributed by atoms with van der Waals surface area (Å²) in [6, 6.07) is 0.357. The van der Waals surface area contributed by atoms with Gasteiger partial charge in [0.25, 0.3) is 0 Å². The molecule has 0 heterocycles. The molecule has 1 fully saturated rings. The van der Waals surface area contributed by atoms with Crippen molar-refractivity contribution in [1.29, 1.82) is 0 Å². The van der Waals surface area contributed by atoms with Crippen molar-refractivity contribution in [2.75, 3.05) is 0 Å². The van der Waals surface area contributed by atoms with Crippen LogP contribution in [0.5, 0.6) is 0 Å². The Bertz CT molecular complexity index is 198. The molecule has 0 aromatic heterocycles. The third kappa shape index (κ3) is 3.65. The lowest BCUT2D eigenvalue weighted by molar-refractivity contribution is 0.192. The first-order chi connectivity index (χ1) is 6.82. The van der Waals surface area contributed by atoms with Gasteiger partial charge >= 0.3 is 0 Å². The van der Waals surface area contributed by atoms with Gasteiger partial charge in [-0.15, -0.1) is 4.72 Å². The minimum atomic E-state index is -0.932. The number of hydrogen-bond acceptors (Lipinski definition) is 2. The molecule has 2 nitrogen and oxygen atoms in total. The molecular weight excluding hydrogens is 206 g/mol. The maximum Gasteiger partial charge on any atom is 0.136 e. The van der Waals surface area contributed by atoms with Crippen LogP contribution in [0.3, 0.4) is 0 Å². The van der Waals surface area contributed by atoms with Gasteiger partial charge in [-0.05, 0) is 39.5 Å². The Morgan fingerprint density at radius 1 is 1.27 bits per heavy atom. The van der Waals surface area contributed by atoms with Crippen molar-refractivity contribution in [2.45, 2.75) is 64.7 Å². The molecule has 1 rings (SSSR count). The zero-order valence-electron chi connectivity index (χ0n) is 10.7. The van der Waals surface area contributed by atoms with Crippen LogP contribution in [0.15, 0.2) is 0 Å². The van der Waals surface area contributed by atoms with E-state index in [1.165, 1.54) is 19.3 Å². The Labute approximate surface area is 97.5 Å². The van der Waals surface area contributed by atoms with E-state index in [1.807, 2.05) is 20.8 Å². The topological polar surface area (TPSA) is 35.1 Å². The molecule has 0 amide bonds. The molecule has 0 aromatic carbocycles. The Kier molecular flexibility index (Phi) is 4.50. The van der Waals surface area contributed by atoms with E-state index in [2.05, 4.69) is 18.6 Å². The molecule has 0 aliphatic heterocycles. The second kappa shape index (κ2) is 5.07. The molecule has 15 heavy (non-hydrogen) atoms. The van der Waals surface area contributed by atoms with Crippen LogP contribution in [0.1, 0.15) is 53.9 Å². The number of rotatable bonds is 4. The molecule has 0 spiro atoms. The molecule has 1 saturated carbocycles. The molecule has 3 heteroatoms. The Morgan fingerprint density at radius 3 is 2.13 bits per heavy atom. The van der Waals surface area contributed by atoms with Gasteiger partial charge < -0.3 is 4.55 Å². The highest BCUT2D eigenvalue weighted by atomic mass is 32.2. The number of nitrogens with one attached hydrogen (secondary N) is 1. The Balaban J connectivity index is 2.36. The van der Waals surface area contributed by atoms with Crippen LogP contribution >= 0.6 is 0 Å². The van der Waals surface area contributed by atoms with Crippen LogP contribution in [0, 0.1) is 11.8 Å². The summed E-state index contributed by atoms with van der Waals surface area (Å²) in [5.41, 5.74) is 0. The summed E-state index contributed by atoms with van der Waals surface area (Å²) in [7, 11) is 0. The van der Waals surface area contributed by atoms with Gasteiger partial charge in [0.15, 0.2) is 0 Å². The summed E-state index contributed by atoms with van der Waals surface area (Å²) in [6.45, 7) is 10.5. The van der Waals surface area contributed by atoms with Crippen LogP contribution in [0.25, 0.3) is 0 Å². The van der Waals surface area contributed by atoms with E-state index in [1.54, 1.807) is 0 Å². The Morgan fingerprint density at radius 2 is 1.80 bits per heavy atom. The van der Waals surface area contributed by atoms with E-state index in [0.717, 1.165) is 5.92 Å². The summed E-state index contributed by atoms with van der Waals surface area (Å²) in [5, 5.41) is 0. The van der Waals surface area contributed by atoms with E-state index >= 15 is 0 Å². The molecule has 1 aliphatic rings. The first-order valence-corrected chi connectivity index (χ1v) is 7.15. The van der Waals surface area contributed by atoms with Gasteiger partial charge in [0.2, 0.25) is 0 Å². The standard InChI is InChI=1S/C12H25NOS/c1-9(11-7-6-8-11)10(2)13-15(14)12(3,4)5/h9-11,13H,6-8H2,1-5H3/t9?,10?,15-/m1/s1. The summed E-state index contributed by atoms with van der Waals surface area (Å²) in [5.74, 6) is 1.49. The average Bonchev–Trinajstić information content (AvgIpc) is 1.98. The lowest BCUT2D eigenvalue weighted by Gasteiger charge is -2.36. The minimum Gasteiger partial charge on any atom is -0.598 e. The third-order valence-corrected chi connectivity index (χ3v) is 5.23. The van der Waals surface area contributed by atoms with Crippen LogP contribution in [-0.4, -0.2) is 15.3 Å². The summed E-state index contributed by atoms with van der Waals surface area (Å²) in [4.78, 5) is 0. The lowest BCUT2D eigenvalue weighted by atomic mass is 9.74. The lowest BCUT2D eigenvalue weighted by Crippen LogP contribution is -2.47. The normalized spacial score (nSPS) is 24.4. The van der Waals surface area contributed by atoms with Gasteiger partial charge in [0.1, 0.15) is 4.75 Å². The highest BCUT2D eigenvalue weighted by molar-refractivity contribution is 7.90. The SMILES string of the molecule is CC(N[S@+]([O-])C(C)(C)C)C(C)C1CCC1. The van der Waals surface area contributed by atoms with Crippen LogP contribution in [0.2, 0.25) is 0 Å². The maximum absolute atomic E-state index is 11.9. The largest absolute Gasteiger partial charge is 0.598 e. The van der Waals surface area contributed by atoms with Crippen molar-refractivity contribution >= 4 is 11.4 Å². The van der Waals surface area contributed by atoms with Gasteiger partial charge in [-0.2, -0.15) is 0 Å². The molecule has 2 unspecified atom stereocenters. The van der Waals surface area contributed by atoms with Crippen molar-refractivity contribution in [2.24, 2.45) is 11.8 Å². The fraction of sp³-hybridized carbons (Fsp3) is 1.00. The summed E-state index contributed by atoms with van der Waals surface area (Å²) in [6.07, 6.45) is 4.09. The molecular formula is C12H25NOS. The van der Waals surface area contributed by atoms with Gasteiger partial charge in [-0.25, -0.2) is 0 Å². The minimum absolute atomic E-state index is 0.159. The monoisotopic (exact) mass is 231 g/mol. The van der Waals surface area contributed by atoms with E-state index in [4.69, 9.17) is 0 Å². The molecule has 3 atom stereocenters. The van der Waals surface area contributed by atoms with Gasteiger partial charge in [-0.3, -0.25) is 0 Å². The average molecular weight is 231 g/mol. The first-order valence-electron chi connectivity index (χ1n) is 6.00. The molecule has 1 N–H and O–H groups in total. The third-order valence-electron chi connectivity index (χ3n) is 3.53. The van der Waals surface area contributed by atoms with Crippen molar-refractivity contribution < 1.29 is 4.55 Å². The highest BCUT2D eigenvalue weighted by Gasteiger charge is 2.33. The molecule has 0 radical (unpaired) electrons. The predicted octanol–water partition coefficient (Wildman–Crippen LogP) is 2.86. The zero-order valence-corrected chi connectivity index (χ0v) is 11.5. The highest BCUT2D eigenvalue weighted by Crippen LogP contribution is 2.35. The van der Waals surface area contributed by atoms with Gasteiger partial charge in [-0.1, -0.05) is 26.2 Å². The number of hydrogen-bond donors (Lipinski definition) is 1. The molecule has 90 valence electrons. The fourth-order valence-corrected chi connectivity index (χ4v) is 2.73. The molecule has 0 bridgehead atoms. The first kappa shape index (κ1) is 13.3. The van der Waals surface area contributed by atoms with Gasteiger partial charge in [0.05, 0.1) is 6.04 Å². The smallest absolute Gasteiger partial charge is 0.136 e. The molecule has 0 aromatic rings. The zero-order chi connectivity index (χ0) is 11.6. The van der Waals surface area contributed by atoms with E-state index in [0.29, 0.717) is 12.0 Å². The Hall–Kier alpha value is 0.270. The quantitative estimate of drug-likeness (QED) is 0.755. The van der Waals surface area contributed by atoms with E-state index in [-0.39, 0.29) is 4.75 Å². The maximum atomic E-state index is 11.9. The van der Waals surface area contributed by atoms with Crippen LogP contribution in [-0.2, 0) is 11.4 Å². The van der Waals surface area contributed by atoms with E-state index < -0.39 is 11.4 Å². The fourth-order valence-electron chi connectivity index (χ4n) is 1.83.